The van der Waals surface area contributed by atoms with E-state index in [-0.39, 0.29) is 39.7 Å². The van der Waals surface area contributed by atoms with Crippen LogP contribution in [0.1, 0.15) is 52.0 Å². The number of hydrogen-bond donors (Lipinski definition) is 9. The molecule has 0 aromatic heterocycles. The monoisotopic (exact) mass is 562 g/mol. The third-order valence-electron chi connectivity index (χ3n) is 7.63. The lowest BCUT2D eigenvalue weighted by Crippen LogP contribution is -2.38. The number of aliphatic hydroxyl groups excluding tert-OH is 3. The summed E-state index contributed by atoms with van der Waals surface area (Å²) >= 11 is 0. The van der Waals surface area contributed by atoms with Crippen LogP contribution >= 0.6 is 0 Å². The average Bonchev–Trinajstić information content (AvgIpc) is 2.95. The van der Waals surface area contributed by atoms with Crippen LogP contribution in [0.25, 0.3) is 0 Å². The first-order chi connectivity index (χ1) is 19.6. The fraction of sp³-hybridized carbons (Fsp3) is 0.200. The van der Waals surface area contributed by atoms with Crippen LogP contribution in [0.5, 0.6) is 46.0 Å². The molecule has 0 saturated carbocycles. The molecule has 0 spiro atoms. The highest BCUT2D eigenvalue weighted by molar-refractivity contribution is 5.65. The van der Waals surface area contributed by atoms with Gasteiger partial charge in [0, 0.05) is 17.0 Å². The normalized spacial score (nSPS) is 25.0. The Labute approximate surface area is 232 Å². The van der Waals surface area contributed by atoms with Gasteiger partial charge in [0.2, 0.25) is 11.5 Å². The van der Waals surface area contributed by atoms with Crippen LogP contribution in [0.3, 0.4) is 0 Å². The Morgan fingerprint density at radius 3 is 1.61 bits per heavy atom. The molecule has 4 aromatic rings. The second-order valence-electron chi connectivity index (χ2n) is 10.1. The van der Waals surface area contributed by atoms with Gasteiger partial charge in [-0.1, -0.05) is 30.3 Å². The molecule has 6 rings (SSSR count). The topological polar surface area (TPSA) is 201 Å². The maximum Gasteiger partial charge on any atom is 0.200 e. The van der Waals surface area contributed by atoms with Crippen LogP contribution in [-0.2, 0) is 0 Å². The Kier molecular flexibility index (Phi) is 6.22. The molecule has 2 heterocycles. The van der Waals surface area contributed by atoms with Gasteiger partial charge in [-0.3, -0.25) is 0 Å². The Hall–Kier alpha value is -4.84. The average molecular weight is 563 g/mol. The highest BCUT2D eigenvalue weighted by atomic mass is 16.5. The summed E-state index contributed by atoms with van der Waals surface area (Å²) in [5.74, 6) is -4.17. The molecule has 0 saturated heterocycles. The number of rotatable bonds is 3. The summed E-state index contributed by atoms with van der Waals surface area (Å²) in [4.78, 5) is 0. The van der Waals surface area contributed by atoms with Gasteiger partial charge in [0.15, 0.2) is 35.2 Å². The van der Waals surface area contributed by atoms with Crippen LogP contribution in [0.2, 0.25) is 0 Å². The van der Waals surface area contributed by atoms with Crippen molar-refractivity contribution in [3.63, 3.8) is 0 Å². The van der Waals surface area contributed by atoms with Crippen molar-refractivity contribution in [1.29, 1.82) is 0 Å². The molecule has 9 N–H and O–H groups in total. The van der Waals surface area contributed by atoms with Crippen molar-refractivity contribution in [3.05, 3.63) is 94.5 Å². The first-order valence-corrected chi connectivity index (χ1v) is 12.7. The predicted octanol–water partition coefficient (Wildman–Crippen LogP) is 3.07. The van der Waals surface area contributed by atoms with Gasteiger partial charge in [-0.05, 0) is 53.1 Å². The quantitative estimate of drug-likeness (QED) is 0.166. The number of aromatic hydroxyl groups is 6. The lowest BCUT2D eigenvalue weighted by molar-refractivity contribution is -0.0722. The smallest absolute Gasteiger partial charge is 0.200 e. The summed E-state index contributed by atoms with van der Waals surface area (Å²) in [6.07, 6.45) is -7.06. The van der Waals surface area contributed by atoms with Gasteiger partial charge >= 0.3 is 0 Å². The summed E-state index contributed by atoms with van der Waals surface area (Å²) in [6.45, 7) is 0. The number of phenolic OH excluding ortho intramolecular Hbond substituents is 6. The van der Waals surface area contributed by atoms with Gasteiger partial charge in [0.05, 0.1) is 0 Å². The first kappa shape index (κ1) is 26.4. The fourth-order valence-corrected chi connectivity index (χ4v) is 5.59. The maximum atomic E-state index is 11.7. The van der Waals surface area contributed by atoms with E-state index in [9.17, 15) is 46.0 Å². The van der Waals surface area contributed by atoms with Gasteiger partial charge in [-0.15, -0.1) is 0 Å². The number of hydrogen-bond acceptors (Lipinski definition) is 11. The zero-order valence-electron chi connectivity index (χ0n) is 21.2. The Morgan fingerprint density at radius 2 is 1.02 bits per heavy atom. The molecule has 2 aliphatic rings. The Morgan fingerprint density at radius 1 is 0.512 bits per heavy atom. The minimum absolute atomic E-state index is 0.0348. The molecule has 0 fully saturated rings. The van der Waals surface area contributed by atoms with Crippen molar-refractivity contribution in [2.24, 2.45) is 0 Å². The lowest BCUT2D eigenvalue weighted by Gasteiger charge is -2.41. The van der Waals surface area contributed by atoms with Crippen molar-refractivity contribution < 1.29 is 55.4 Å². The van der Waals surface area contributed by atoms with E-state index >= 15 is 0 Å². The van der Waals surface area contributed by atoms with Crippen molar-refractivity contribution >= 4 is 0 Å². The van der Waals surface area contributed by atoms with E-state index in [1.54, 1.807) is 0 Å². The van der Waals surface area contributed by atoms with Gasteiger partial charge in [-0.25, -0.2) is 0 Å². The molecule has 4 aromatic carbocycles. The van der Waals surface area contributed by atoms with Crippen molar-refractivity contribution in [2.75, 3.05) is 0 Å². The van der Waals surface area contributed by atoms with Crippen LogP contribution in [0.15, 0.2) is 66.7 Å². The van der Waals surface area contributed by atoms with Crippen molar-refractivity contribution in [1.82, 2.24) is 0 Å². The summed E-state index contributed by atoms with van der Waals surface area (Å²) in [7, 11) is 0. The second-order valence-corrected chi connectivity index (χ2v) is 10.1. The van der Waals surface area contributed by atoms with Crippen LogP contribution in [0.4, 0.5) is 0 Å². The minimum Gasteiger partial charge on any atom is -0.508 e. The van der Waals surface area contributed by atoms with Gasteiger partial charge in [-0.2, -0.15) is 0 Å². The number of phenols is 6. The van der Waals surface area contributed by atoms with E-state index in [0.717, 1.165) is 6.07 Å². The molecule has 6 unspecified atom stereocenters. The number of aliphatic hydroxyl groups is 3. The highest BCUT2D eigenvalue weighted by Gasteiger charge is 2.47. The molecule has 11 nitrogen and oxygen atoms in total. The van der Waals surface area contributed by atoms with Gasteiger partial charge in [0.1, 0.15) is 29.8 Å². The molecule has 0 radical (unpaired) electrons. The zero-order chi connectivity index (χ0) is 29.2. The molecular formula is C30H26O11. The van der Waals surface area contributed by atoms with E-state index in [1.165, 1.54) is 60.7 Å². The number of ether oxygens (including phenoxy) is 2. The number of fused-ring (bicyclic) bond motifs is 2. The fourth-order valence-electron chi connectivity index (χ4n) is 5.59. The largest absolute Gasteiger partial charge is 0.508 e. The van der Waals surface area contributed by atoms with Crippen molar-refractivity contribution in [2.45, 2.75) is 36.4 Å². The zero-order valence-corrected chi connectivity index (χ0v) is 21.2. The van der Waals surface area contributed by atoms with Crippen LogP contribution < -0.4 is 9.47 Å². The summed E-state index contributed by atoms with van der Waals surface area (Å²) in [5, 5.41) is 96.0. The highest BCUT2D eigenvalue weighted by Crippen LogP contribution is 2.57. The molecule has 41 heavy (non-hydrogen) atoms. The van der Waals surface area contributed by atoms with Gasteiger partial charge < -0.3 is 55.4 Å². The van der Waals surface area contributed by atoms with E-state index in [2.05, 4.69) is 0 Å². The maximum absolute atomic E-state index is 11.7. The third kappa shape index (κ3) is 4.18. The Balaban J connectivity index is 1.54. The second kappa shape index (κ2) is 9.66. The molecule has 212 valence electrons. The molecule has 6 atom stereocenters. The molecule has 0 bridgehead atoms. The van der Waals surface area contributed by atoms with Crippen LogP contribution in [0, 0.1) is 0 Å². The molecule has 0 amide bonds. The summed E-state index contributed by atoms with van der Waals surface area (Å²) in [5.41, 5.74) is 0.884. The minimum atomic E-state index is -1.68. The summed E-state index contributed by atoms with van der Waals surface area (Å²) < 4.78 is 11.9. The molecule has 0 aliphatic carbocycles. The summed E-state index contributed by atoms with van der Waals surface area (Å²) in [6, 6.07) is 15.1. The molecular weight excluding hydrogens is 536 g/mol. The van der Waals surface area contributed by atoms with E-state index < -0.39 is 59.4 Å². The van der Waals surface area contributed by atoms with E-state index in [0.29, 0.717) is 11.1 Å². The SMILES string of the molecule is Oc1ccc(C2Oc3c(O)c(O)cc(C4c5ccc(O)c(O)c5OC(c5ccc(O)cc5)C4O)c3C(O)C2O)cc1. The van der Waals surface area contributed by atoms with Gasteiger partial charge in [0.25, 0.3) is 0 Å². The van der Waals surface area contributed by atoms with Crippen molar-refractivity contribution in [3.8, 4) is 46.0 Å². The third-order valence-corrected chi connectivity index (χ3v) is 7.63. The van der Waals surface area contributed by atoms with E-state index in [4.69, 9.17) is 9.47 Å². The molecule has 11 heteroatoms. The van der Waals surface area contributed by atoms with E-state index in [1.807, 2.05) is 0 Å². The lowest BCUT2D eigenvalue weighted by atomic mass is 9.76. The predicted molar refractivity (Wildman–Crippen MR) is 141 cm³/mol. The van der Waals surface area contributed by atoms with Crippen LogP contribution in [-0.4, -0.2) is 58.2 Å². The molecule has 2 aliphatic heterocycles. The Bertz CT molecular complexity index is 1620. The first-order valence-electron chi connectivity index (χ1n) is 12.7. The number of benzene rings is 4. The standard InChI is InChI=1S/C30H26O11/c31-14-5-1-12(2-6-14)27-25(38)20(16-9-10-18(33)22(35)29(16)40-27)17-11-19(34)23(36)30-21(17)24(37)26(39)28(41-30)13-3-7-15(32)8-4-13/h1-11,20,24-28,31-39H.